The van der Waals surface area contributed by atoms with E-state index in [0.29, 0.717) is 0 Å². The maximum atomic E-state index is 6.17. The molecule has 0 spiro atoms. The van der Waals surface area contributed by atoms with Crippen LogP contribution in [0.1, 0.15) is 19.4 Å². The average molecular weight is 238 g/mol. The summed E-state index contributed by atoms with van der Waals surface area (Å²) in [5.41, 5.74) is 1.24. The van der Waals surface area contributed by atoms with Crippen molar-refractivity contribution in [2.24, 2.45) is 5.41 Å². The van der Waals surface area contributed by atoms with Gasteiger partial charge in [-0.3, -0.25) is 0 Å². The van der Waals surface area contributed by atoms with Gasteiger partial charge in [-0.15, -0.1) is 6.58 Å². The van der Waals surface area contributed by atoms with Crippen LogP contribution >= 0.6 is 11.6 Å². The van der Waals surface area contributed by atoms with Crippen molar-refractivity contribution in [1.29, 1.82) is 0 Å². The van der Waals surface area contributed by atoms with Crippen LogP contribution in [0.5, 0.6) is 0 Å². The van der Waals surface area contributed by atoms with E-state index < -0.39 is 0 Å². The van der Waals surface area contributed by atoms with Gasteiger partial charge >= 0.3 is 0 Å². The first kappa shape index (κ1) is 13.3. The van der Waals surface area contributed by atoms with Gasteiger partial charge in [0.2, 0.25) is 0 Å². The van der Waals surface area contributed by atoms with Crippen molar-refractivity contribution in [1.82, 2.24) is 5.32 Å². The first-order valence-electron chi connectivity index (χ1n) is 5.69. The number of nitrogens with one attached hydrogen (secondary N) is 1. The molecule has 0 aliphatic heterocycles. The minimum absolute atomic E-state index is 0.0566. The highest BCUT2D eigenvalue weighted by atomic mass is 35.5. The maximum Gasteiger partial charge on any atom is 0.0438 e. The summed E-state index contributed by atoms with van der Waals surface area (Å²) in [5, 5.41) is 4.21. The second-order valence-electron chi connectivity index (χ2n) is 4.41. The van der Waals surface area contributed by atoms with Crippen LogP contribution < -0.4 is 5.32 Å². The van der Waals surface area contributed by atoms with Crippen molar-refractivity contribution in [3.63, 3.8) is 0 Å². The SMILES string of the molecule is C=CC(C)(CNCC)Cc1ccccc1Cl. The van der Waals surface area contributed by atoms with Crippen molar-refractivity contribution in [2.45, 2.75) is 20.3 Å². The smallest absolute Gasteiger partial charge is 0.0438 e. The average Bonchev–Trinajstić information content (AvgIpc) is 2.30. The zero-order valence-corrected chi connectivity index (χ0v) is 10.8. The summed E-state index contributed by atoms with van der Waals surface area (Å²) in [6.45, 7) is 10.1. The van der Waals surface area contributed by atoms with E-state index in [1.54, 1.807) is 0 Å². The second-order valence-corrected chi connectivity index (χ2v) is 4.81. The lowest BCUT2D eigenvalue weighted by Gasteiger charge is -2.26. The van der Waals surface area contributed by atoms with Gasteiger partial charge in [0.25, 0.3) is 0 Å². The quantitative estimate of drug-likeness (QED) is 0.745. The third-order valence-corrected chi connectivity index (χ3v) is 3.19. The van der Waals surface area contributed by atoms with Crippen LogP contribution in [0.25, 0.3) is 0 Å². The lowest BCUT2D eigenvalue weighted by atomic mass is 9.83. The molecule has 1 aromatic rings. The predicted molar refractivity (Wildman–Crippen MR) is 72.0 cm³/mol. The Hall–Kier alpha value is -0.790. The van der Waals surface area contributed by atoms with Crippen LogP contribution in [0.3, 0.4) is 0 Å². The molecule has 0 aromatic heterocycles. The summed E-state index contributed by atoms with van der Waals surface area (Å²) in [7, 11) is 0. The van der Waals surface area contributed by atoms with E-state index in [-0.39, 0.29) is 5.41 Å². The first-order chi connectivity index (χ1) is 7.61. The van der Waals surface area contributed by atoms with E-state index in [2.05, 4.69) is 31.8 Å². The monoisotopic (exact) mass is 237 g/mol. The van der Waals surface area contributed by atoms with E-state index in [0.717, 1.165) is 24.5 Å². The molecule has 0 heterocycles. The molecule has 0 saturated carbocycles. The molecule has 1 atom stereocenters. The largest absolute Gasteiger partial charge is 0.316 e. The molecule has 0 saturated heterocycles. The zero-order chi connectivity index (χ0) is 12.0. The molecule has 1 N–H and O–H groups in total. The Kier molecular flexibility index (Phi) is 5.04. The molecule has 0 amide bonds. The molecule has 88 valence electrons. The van der Waals surface area contributed by atoms with Gasteiger partial charge in [-0.1, -0.05) is 49.7 Å². The Bertz CT molecular complexity index is 348. The van der Waals surface area contributed by atoms with E-state index >= 15 is 0 Å². The summed E-state index contributed by atoms with van der Waals surface area (Å²) in [4.78, 5) is 0. The summed E-state index contributed by atoms with van der Waals surface area (Å²) < 4.78 is 0. The second kappa shape index (κ2) is 6.07. The number of halogens is 1. The molecule has 1 unspecified atom stereocenters. The van der Waals surface area contributed by atoms with Crippen LogP contribution in [0, 0.1) is 5.41 Å². The molecule has 1 nitrogen and oxygen atoms in total. The molecule has 0 bridgehead atoms. The highest BCUT2D eigenvalue weighted by Crippen LogP contribution is 2.27. The predicted octanol–water partition coefficient (Wildman–Crippen LogP) is 3.68. The molecule has 16 heavy (non-hydrogen) atoms. The fourth-order valence-corrected chi connectivity index (χ4v) is 1.90. The van der Waals surface area contributed by atoms with E-state index in [4.69, 9.17) is 11.6 Å². The lowest BCUT2D eigenvalue weighted by Crippen LogP contribution is -2.32. The third-order valence-electron chi connectivity index (χ3n) is 2.82. The standard InChI is InChI=1S/C14H20ClN/c1-4-14(3,11-16-5-2)10-12-8-6-7-9-13(12)15/h4,6-9,16H,1,5,10-11H2,2-3H3. The maximum absolute atomic E-state index is 6.17. The molecule has 0 fully saturated rings. The van der Waals surface area contributed by atoms with Gasteiger partial charge in [-0.05, 0) is 24.6 Å². The van der Waals surface area contributed by atoms with E-state index in [1.165, 1.54) is 5.56 Å². The summed E-state index contributed by atoms with van der Waals surface area (Å²) in [6.07, 6.45) is 2.93. The molecular formula is C14H20ClN. The van der Waals surface area contributed by atoms with Crippen LogP contribution in [0.4, 0.5) is 0 Å². The summed E-state index contributed by atoms with van der Waals surface area (Å²) in [6, 6.07) is 8.00. The Morgan fingerprint density at radius 1 is 1.44 bits per heavy atom. The summed E-state index contributed by atoms with van der Waals surface area (Å²) >= 11 is 6.17. The van der Waals surface area contributed by atoms with Gasteiger partial charge in [0.1, 0.15) is 0 Å². The van der Waals surface area contributed by atoms with E-state index in [9.17, 15) is 0 Å². The van der Waals surface area contributed by atoms with Crippen molar-refractivity contribution in [3.8, 4) is 0 Å². The van der Waals surface area contributed by atoms with Crippen LogP contribution in [-0.4, -0.2) is 13.1 Å². The van der Waals surface area contributed by atoms with Gasteiger partial charge in [0, 0.05) is 17.0 Å². The van der Waals surface area contributed by atoms with Gasteiger partial charge < -0.3 is 5.32 Å². The minimum Gasteiger partial charge on any atom is -0.316 e. The highest BCUT2D eigenvalue weighted by molar-refractivity contribution is 6.31. The van der Waals surface area contributed by atoms with Crippen molar-refractivity contribution in [2.75, 3.05) is 13.1 Å². The molecule has 1 aromatic carbocycles. The summed E-state index contributed by atoms with van der Waals surface area (Å²) in [5.74, 6) is 0. The Morgan fingerprint density at radius 3 is 2.69 bits per heavy atom. The highest BCUT2D eigenvalue weighted by Gasteiger charge is 2.21. The minimum atomic E-state index is 0.0566. The number of rotatable bonds is 6. The van der Waals surface area contributed by atoms with Gasteiger partial charge in [-0.25, -0.2) is 0 Å². The molecular weight excluding hydrogens is 218 g/mol. The topological polar surface area (TPSA) is 12.0 Å². The molecule has 0 aliphatic rings. The number of hydrogen-bond donors (Lipinski definition) is 1. The van der Waals surface area contributed by atoms with Gasteiger partial charge in [0.15, 0.2) is 0 Å². The third kappa shape index (κ3) is 3.66. The first-order valence-corrected chi connectivity index (χ1v) is 6.07. The Morgan fingerprint density at radius 2 is 2.12 bits per heavy atom. The Labute approximate surface area is 104 Å². The lowest BCUT2D eigenvalue weighted by molar-refractivity contribution is 0.396. The van der Waals surface area contributed by atoms with E-state index in [1.807, 2.05) is 24.3 Å². The number of benzene rings is 1. The zero-order valence-electron chi connectivity index (χ0n) is 10.1. The fourth-order valence-electron chi connectivity index (χ4n) is 1.69. The number of hydrogen-bond acceptors (Lipinski definition) is 1. The van der Waals surface area contributed by atoms with Crippen molar-refractivity contribution < 1.29 is 0 Å². The normalized spacial score (nSPS) is 14.4. The molecule has 0 aliphatic carbocycles. The van der Waals surface area contributed by atoms with Crippen LogP contribution in [-0.2, 0) is 6.42 Å². The van der Waals surface area contributed by atoms with Crippen molar-refractivity contribution >= 4 is 11.6 Å². The van der Waals surface area contributed by atoms with Crippen LogP contribution in [0.15, 0.2) is 36.9 Å². The fraction of sp³-hybridized carbons (Fsp3) is 0.429. The van der Waals surface area contributed by atoms with Crippen LogP contribution in [0.2, 0.25) is 5.02 Å². The molecule has 2 heteroatoms. The molecule has 0 radical (unpaired) electrons. The Balaban J connectivity index is 2.76. The van der Waals surface area contributed by atoms with Gasteiger partial charge in [0.05, 0.1) is 0 Å². The molecule has 1 rings (SSSR count). The van der Waals surface area contributed by atoms with Gasteiger partial charge in [-0.2, -0.15) is 0 Å². The van der Waals surface area contributed by atoms with Crippen molar-refractivity contribution in [3.05, 3.63) is 47.5 Å².